The van der Waals surface area contributed by atoms with Crippen molar-refractivity contribution in [2.75, 3.05) is 12.4 Å². The molecule has 1 fully saturated rings. The van der Waals surface area contributed by atoms with Gasteiger partial charge in [0.1, 0.15) is 18.5 Å². The first-order valence-corrected chi connectivity index (χ1v) is 8.20. The summed E-state index contributed by atoms with van der Waals surface area (Å²) in [6.45, 7) is 0.581. The van der Waals surface area contributed by atoms with E-state index in [1.807, 2.05) is 31.3 Å². The van der Waals surface area contributed by atoms with Crippen LogP contribution in [0.5, 0.6) is 11.5 Å². The van der Waals surface area contributed by atoms with Crippen molar-refractivity contribution in [2.24, 2.45) is 7.05 Å². The molecule has 1 aliphatic heterocycles. The predicted octanol–water partition coefficient (Wildman–Crippen LogP) is 2.62. The average Bonchev–Trinajstić information content (AvgIpc) is 3.29. The fourth-order valence-electron chi connectivity index (χ4n) is 2.46. The molecule has 1 aromatic carbocycles. The van der Waals surface area contributed by atoms with Crippen molar-refractivity contribution in [3.8, 4) is 11.5 Å². The molecular weight excluding hydrogens is 286 g/mol. The van der Waals surface area contributed by atoms with E-state index in [1.54, 1.807) is 11.8 Å². The van der Waals surface area contributed by atoms with Crippen molar-refractivity contribution in [1.82, 2.24) is 14.8 Å². The Kier molecular flexibility index (Phi) is 3.25. The van der Waals surface area contributed by atoms with E-state index in [0.717, 1.165) is 28.2 Å². The number of aromatic nitrogens is 3. The minimum atomic E-state index is 0.0472. The number of thioether (sulfide) groups is 1. The van der Waals surface area contributed by atoms with Crippen LogP contribution in [0.25, 0.3) is 0 Å². The molecule has 1 aromatic heterocycles. The molecule has 1 unspecified atom stereocenters. The quantitative estimate of drug-likeness (QED) is 0.813. The summed E-state index contributed by atoms with van der Waals surface area (Å²) >= 11 is 1.68. The van der Waals surface area contributed by atoms with Gasteiger partial charge in [-0.2, -0.15) is 0 Å². The van der Waals surface area contributed by atoms with Crippen LogP contribution in [0, 0.1) is 0 Å². The third-order valence-electron chi connectivity index (χ3n) is 3.78. The van der Waals surface area contributed by atoms with Gasteiger partial charge < -0.3 is 14.0 Å². The van der Waals surface area contributed by atoms with Gasteiger partial charge in [0.15, 0.2) is 16.7 Å². The fraction of sp³-hybridized carbons (Fsp3) is 0.467. The number of rotatable bonds is 4. The van der Waals surface area contributed by atoms with Crippen molar-refractivity contribution >= 4 is 11.8 Å². The number of hydrogen-bond donors (Lipinski definition) is 0. The molecule has 1 aliphatic carbocycles. The first-order chi connectivity index (χ1) is 10.3. The van der Waals surface area contributed by atoms with E-state index in [0.29, 0.717) is 12.5 Å². The maximum absolute atomic E-state index is 5.96. The van der Waals surface area contributed by atoms with Crippen molar-refractivity contribution < 1.29 is 9.47 Å². The normalized spacial score (nSPS) is 20.5. The molecular formula is C15H17N3O2S. The highest BCUT2D eigenvalue weighted by Crippen LogP contribution is 2.39. The van der Waals surface area contributed by atoms with Crippen LogP contribution >= 0.6 is 11.8 Å². The molecule has 1 atom stereocenters. The first-order valence-electron chi connectivity index (χ1n) is 7.22. The Labute approximate surface area is 127 Å². The molecule has 1 saturated carbocycles. The third-order valence-corrected chi connectivity index (χ3v) is 4.93. The second kappa shape index (κ2) is 5.26. The average molecular weight is 303 g/mol. The van der Waals surface area contributed by atoms with Gasteiger partial charge in [-0.3, -0.25) is 0 Å². The molecule has 0 N–H and O–H groups in total. The Morgan fingerprint density at radius 2 is 2.05 bits per heavy atom. The molecule has 21 heavy (non-hydrogen) atoms. The Morgan fingerprint density at radius 1 is 1.24 bits per heavy atom. The van der Waals surface area contributed by atoms with Crippen molar-refractivity contribution in [1.29, 1.82) is 0 Å². The predicted molar refractivity (Wildman–Crippen MR) is 80.1 cm³/mol. The molecule has 2 heterocycles. The van der Waals surface area contributed by atoms with Crippen LogP contribution in [0.2, 0.25) is 0 Å². The van der Waals surface area contributed by atoms with Crippen LogP contribution in [0.3, 0.4) is 0 Å². The molecule has 2 aromatic rings. The summed E-state index contributed by atoms with van der Waals surface area (Å²) < 4.78 is 13.8. The van der Waals surface area contributed by atoms with E-state index in [9.17, 15) is 0 Å². The summed E-state index contributed by atoms with van der Waals surface area (Å²) in [5.41, 5.74) is 0. The SMILES string of the molecule is Cn1c(SCC2COc3ccccc3O2)nnc1C1CC1. The molecule has 0 saturated heterocycles. The van der Waals surface area contributed by atoms with Crippen molar-refractivity contribution in [2.45, 2.75) is 30.0 Å². The summed E-state index contributed by atoms with van der Waals surface area (Å²) in [6.07, 6.45) is 2.53. The van der Waals surface area contributed by atoms with E-state index >= 15 is 0 Å². The van der Waals surface area contributed by atoms with Crippen molar-refractivity contribution in [3.05, 3.63) is 30.1 Å². The summed E-state index contributed by atoms with van der Waals surface area (Å²) in [5, 5.41) is 9.54. The van der Waals surface area contributed by atoms with Gasteiger partial charge in [0.2, 0.25) is 0 Å². The smallest absolute Gasteiger partial charge is 0.191 e. The lowest BCUT2D eigenvalue weighted by Crippen LogP contribution is -2.31. The number of ether oxygens (including phenoxy) is 2. The maximum Gasteiger partial charge on any atom is 0.191 e. The van der Waals surface area contributed by atoms with Gasteiger partial charge in [-0.15, -0.1) is 10.2 Å². The monoisotopic (exact) mass is 303 g/mol. The maximum atomic E-state index is 5.96. The summed E-state index contributed by atoms with van der Waals surface area (Å²) in [4.78, 5) is 0. The lowest BCUT2D eigenvalue weighted by Gasteiger charge is -2.25. The Balaban J connectivity index is 1.39. The molecule has 0 radical (unpaired) electrons. The highest BCUT2D eigenvalue weighted by Gasteiger charge is 2.29. The van der Waals surface area contributed by atoms with Crippen LogP contribution in [-0.4, -0.2) is 33.2 Å². The molecule has 110 valence electrons. The molecule has 2 aliphatic rings. The fourth-order valence-corrected chi connectivity index (χ4v) is 3.35. The van der Waals surface area contributed by atoms with Crippen LogP contribution in [0.1, 0.15) is 24.6 Å². The zero-order valence-electron chi connectivity index (χ0n) is 11.9. The van der Waals surface area contributed by atoms with E-state index < -0.39 is 0 Å². The van der Waals surface area contributed by atoms with Gasteiger partial charge in [-0.25, -0.2) is 0 Å². The number of para-hydroxylation sites is 2. The van der Waals surface area contributed by atoms with E-state index in [4.69, 9.17) is 9.47 Å². The van der Waals surface area contributed by atoms with Crippen LogP contribution in [-0.2, 0) is 7.05 Å². The number of fused-ring (bicyclic) bond motifs is 1. The largest absolute Gasteiger partial charge is 0.486 e. The van der Waals surface area contributed by atoms with Gasteiger partial charge in [0.25, 0.3) is 0 Å². The highest BCUT2D eigenvalue weighted by atomic mass is 32.2. The lowest BCUT2D eigenvalue weighted by atomic mass is 10.3. The van der Waals surface area contributed by atoms with Crippen LogP contribution in [0.4, 0.5) is 0 Å². The molecule has 4 rings (SSSR count). The second-order valence-corrected chi connectivity index (χ2v) is 6.47. The zero-order chi connectivity index (χ0) is 14.2. The van der Waals surface area contributed by atoms with E-state index in [2.05, 4.69) is 14.8 Å². The lowest BCUT2D eigenvalue weighted by molar-refractivity contribution is 0.107. The van der Waals surface area contributed by atoms with E-state index in [1.165, 1.54) is 12.8 Å². The van der Waals surface area contributed by atoms with Gasteiger partial charge in [-0.1, -0.05) is 23.9 Å². The van der Waals surface area contributed by atoms with Gasteiger partial charge >= 0.3 is 0 Å². The Hall–Kier alpha value is -1.69. The molecule has 0 spiro atoms. The third kappa shape index (κ3) is 2.60. The summed E-state index contributed by atoms with van der Waals surface area (Å²) in [6, 6.07) is 7.79. The number of benzene rings is 1. The number of hydrogen-bond acceptors (Lipinski definition) is 5. The van der Waals surface area contributed by atoms with Crippen LogP contribution in [0.15, 0.2) is 29.4 Å². The minimum absolute atomic E-state index is 0.0472. The topological polar surface area (TPSA) is 49.2 Å². The number of nitrogens with zero attached hydrogens (tertiary/aromatic N) is 3. The van der Waals surface area contributed by atoms with Gasteiger partial charge in [0.05, 0.1) is 0 Å². The summed E-state index contributed by atoms with van der Waals surface area (Å²) in [7, 11) is 2.05. The van der Waals surface area contributed by atoms with E-state index in [-0.39, 0.29) is 6.10 Å². The Morgan fingerprint density at radius 3 is 2.86 bits per heavy atom. The zero-order valence-corrected chi connectivity index (χ0v) is 12.7. The minimum Gasteiger partial charge on any atom is -0.486 e. The van der Waals surface area contributed by atoms with Gasteiger partial charge in [-0.05, 0) is 25.0 Å². The molecule has 5 nitrogen and oxygen atoms in total. The molecule has 6 heteroatoms. The molecule has 0 amide bonds. The van der Waals surface area contributed by atoms with Gasteiger partial charge in [0, 0.05) is 18.7 Å². The Bertz CT molecular complexity index is 654. The summed E-state index contributed by atoms with van der Waals surface area (Å²) in [5.74, 6) is 4.20. The first kappa shape index (κ1) is 13.0. The standard InChI is InChI=1S/C15H17N3O2S/c1-18-14(10-6-7-10)16-17-15(18)21-9-11-8-19-12-4-2-3-5-13(12)20-11/h2-5,10-11H,6-9H2,1H3. The molecule has 0 bridgehead atoms. The van der Waals surface area contributed by atoms with Crippen LogP contribution < -0.4 is 9.47 Å². The second-order valence-electron chi connectivity index (χ2n) is 5.48. The van der Waals surface area contributed by atoms with Crippen molar-refractivity contribution in [3.63, 3.8) is 0 Å². The highest BCUT2D eigenvalue weighted by molar-refractivity contribution is 7.99.